The summed E-state index contributed by atoms with van der Waals surface area (Å²) < 4.78 is 1.64. The molecule has 0 aliphatic carbocycles. The topological polar surface area (TPSA) is 51.1 Å². The van der Waals surface area contributed by atoms with Gasteiger partial charge in [0.25, 0.3) is 11.5 Å². The molecule has 1 N–H and O–H groups in total. The number of anilines is 1. The van der Waals surface area contributed by atoms with E-state index in [2.05, 4.69) is 5.32 Å². The molecule has 0 fully saturated rings. The first-order valence-corrected chi connectivity index (χ1v) is 8.17. The van der Waals surface area contributed by atoms with Crippen LogP contribution >= 0.6 is 0 Å². The molecule has 2 aromatic carbocycles. The van der Waals surface area contributed by atoms with E-state index in [0.717, 1.165) is 11.3 Å². The molecule has 1 aromatic heterocycles. The van der Waals surface area contributed by atoms with Gasteiger partial charge in [-0.25, -0.2) is 0 Å². The van der Waals surface area contributed by atoms with Gasteiger partial charge in [-0.1, -0.05) is 48.5 Å². The molecule has 1 amide bonds. The lowest BCUT2D eigenvalue weighted by molar-refractivity contribution is 0.102. The highest BCUT2D eigenvalue weighted by atomic mass is 16.2. The fourth-order valence-electron chi connectivity index (χ4n) is 2.88. The maximum Gasteiger partial charge on any atom is 0.264 e. The van der Waals surface area contributed by atoms with Crippen molar-refractivity contribution >= 4 is 11.6 Å². The Balaban J connectivity index is 1.98. The quantitative estimate of drug-likeness (QED) is 0.791. The van der Waals surface area contributed by atoms with Crippen LogP contribution in [0.15, 0.2) is 71.5 Å². The Morgan fingerprint density at radius 2 is 1.56 bits per heavy atom. The third kappa shape index (κ3) is 3.69. The minimum atomic E-state index is -0.379. The van der Waals surface area contributed by atoms with Crippen LogP contribution in [0.25, 0.3) is 0 Å². The van der Waals surface area contributed by atoms with Crippen LogP contribution in [-0.2, 0) is 6.54 Å². The predicted molar refractivity (Wildman–Crippen MR) is 100 cm³/mol. The number of amides is 1. The zero-order valence-corrected chi connectivity index (χ0v) is 14.3. The van der Waals surface area contributed by atoms with E-state index in [1.165, 1.54) is 0 Å². The molecule has 0 aliphatic heterocycles. The Morgan fingerprint density at radius 3 is 2.20 bits per heavy atom. The minimum Gasteiger partial charge on any atom is -0.322 e. The number of pyridine rings is 1. The number of para-hydroxylation sites is 1. The highest BCUT2D eigenvalue weighted by Gasteiger charge is 2.17. The number of hydrogen-bond donors (Lipinski definition) is 1. The van der Waals surface area contributed by atoms with Gasteiger partial charge in [0.1, 0.15) is 5.56 Å². The number of benzene rings is 2. The van der Waals surface area contributed by atoms with E-state index in [9.17, 15) is 9.59 Å². The third-order valence-corrected chi connectivity index (χ3v) is 4.15. The molecule has 4 nitrogen and oxygen atoms in total. The van der Waals surface area contributed by atoms with E-state index in [-0.39, 0.29) is 17.0 Å². The number of hydrogen-bond acceptors (Lipinski definition) is 2. The summed E-state index contributed by atoms with van der Waals surface area (Å²) in [5.74, 6) is -0.379. The fraction of sp³-hybridized carbons (Fsp3) is 0.143. The Kier molecular flexibility index (Phi) is 4.80. The first-order valence-electron chi connectivity index (χ1n) is 8.17. The minimum absolute atomic E-state index is 0.186. The van der Waals surface area contributed by atoms with Crippen molar-refractivity contribution in [2.24, 2.45) is 0 Å². The largest absolute Gasteiger partial charge is 0.322 e. The van der Waals surface area contributed by atoms with Gasteiger partial charge in [-0.05, 0) is 43.2 Å². The van der Waals surface area contributed by atoms with Crippen LogP contribution < -0.4 is 10.9 Å². The van der Waals surface area contributed by atoms with Gasteiger partial charge in [0.2, 0.25) is 0 Å². The van der Waals surface area contributed by atoms with Crippen molar-refractivity contribution in [2.75, 3.05) is 5.32 Å². The average molecular weight is 332 g/mol. The molecular weight excluding hydrogens is 312 g/mol. The lowest BCUT2D eigenvalue weighted by Gasteiger charge is -2.14. The third-order valence-electron chi connectivity index (χ3n) is 4.15. The Bertz CT molecular complexity index is 945. The fourth-order valence-corrected chi connectivity index (χ4v) is 2.88. The Labute approximate surface area is 146 Å². The zero-order chi connectivity index (χ0) is 17.8. The summed E-state index contributed by atoms with van der Waals surface area (Å²) in [7, 11) is 0. The van der Waals surface area contributed by atoms with E-state index in [1.54, 1.807) is 23.6 Å². The summed E-state index contributed by atoms with van der Waals surface area (Å²) in [6.45, 7) is 4.12. The van der Waals surface area contributed by atoms with Gasteiger partial charge in [0, 0.05) is 11.4 Å². The van der Waals surface area contributed by atoms with E-state index in [4.69, 9.17) is 0 Å². The van der Waals surface area contributed by atoms with Crippen molar-refractivity contribution in [2.45, 2.75) is 20.4 Å². The van der Waals surface area contributed by atoms with Gasteiger partial charge < -0.3 is 9.88 Å². The molecular formula is C21H20N2O2. The maximum absolute atomic E-state index is 12.9. The van der Waals surface area contributed by atoms with Crippen LogP contribution in [0.3, 0.4) is 0 Å². The van der Waals surface area contributed by atoms with Crippen LogP contribution in [0, 0.1) is 13.8 Å². The number of nitrogens with one attached hydrogen (secondary N) is 1. The molecule has 0 unspecified atom stereocenters. The van der Waals surface area contributed by atoms with Crippen molar-refractivity contribution in [3.05, 3.63) is 99.5 Å². The SMILES string of the molecule is Cc1cc(C)n(Cc2ccccc2)c(=O)c1C(=O)Nc1ccccc1. The van der Waals surface area contributed by atoms with Crippen molar-refractivity contribution < 1.29 is 4.79 Å². The van der Waals surface area contributed by atoms with Gasteiger partial charge in [-0.15, -0.1) is 0 Å². The van der Waals surface area contributed by atoms with Gasteiger partial charge in [-0.3, -0.25) is 9.59 Å². The van der Waals surface area contributed by atoms with Gasteiger partial charge >= 0.3 is 0 Å². The molecule has 0 saturated carbocycles. The molecule has 1 heterocycles. The molecule has 3 aromatic rings. The normalized spacial score (nSPS) is 10.5. The number of aromatic nitrogens is 1. The predicted octanol–water partition coefficient (Wildman–Crippen LogP) is 3.77. The second kappa shape index (κ2) is 7.18. The smallest absolute Gasteiger partial charge is 0.264 e. The maximum atomic E-state index is 12.9. The Morgan fingerprint density at radius 1 is 0.960 bits per heavy atom. The lowest BCUT2D eigenvalue weighted by Crippen LogP contribution is -2.32. The van der Waals surface area contributed by atoms with Crippen LogP contribution in [0.1, 0.15) is 27.2 Å². The summed E-state index contributed by atoms with van der Waals surface area (Å²) in [6.07, 6.45) is 0. The number of nitrogens with zero attached hydrogens (tertiary/aromatic N) is 1. The molecule has 0 spiro atoms. The highest BCUT2D eigenvalue weighted by Crippen LogP contribution is 2.12. The molecule has 0 bridgehead atoms. The zero-order valence-electron chi connectivity index (χ0n) is 14.3. The molecule has 0 aliphatic rings. The number of rotatable bonds is 4. The average Bonchev–Trinajstić information content (AvgIpc) is 2.60. The highest BCUT2D eigenvalue weighted by molar-refractivity contribution is 6.05. The van der Waals surface area contributed by atoms with Crippen molar-refractivity contribution in [3.63, 3.8) is 0 Å². The summed E-state index contributed by atoms with van der Waals surface area (Å²) in [6, 6.07) is 20.8. The van der Waals surface area contributed by atoms with E-state index in [1.807, 2.05) is 61.5 Å². The Hall–Kier alpha value is -3.14. The van der Waals surface area contributed by atoms with Crippen LogP contribution in [0.2, 0.25) is 0 Å². The first kappa shape index (κ1) is 16.7. The monoisotopic (exact) mass is 332 g/mol. The molecule has 3 rings (SSSR count). The second-order valence-electron chi connectivity index (χ2n) is 6.04. The number of carbonyl (C=O) groups excluding carboxylic acids is 1. The van der Waals surface area contributed by atoms with E-state index in [0.29, 0.717) is 17.8 Å². The molecule has 0 atom stereocenters. The van der Waals surface area contributed by atoms with Crippen molar-refractivity contribution in [1.82, 2.24) is 4.57 Å². The lowest BCUT2D eigenvalue weighted by atomic mass is 10.1. The van der Waals surface area contributed by atoms with Crippen molar-refractivity contribution in [3.8, 4) is 0 Å². The molecule has 4 heteroatoms. The number of carbonyl (C=O) groups is 1. The first-order chi connectivity index (χ1) is 12.1. The van der Waals surface area contributed by atoms with Crippen LogP contribution in [0.5, 0.6) is 0 Å². The summed E-state index contributed by atoms with van der Waals surface area (Å²) in [4.78, 5) is 25.6. The molecule has 25 heavy (non-hydrogen) atoms. The summed E-state index contributed by atoms with van der Waals surface area (Å²) in [5, 5.41) is 2.80. The summed E-state index contributed by atoms with van der Waals surface area (Å²) in [5.41, 5.74) is 3.12. The van der Waals surface area contributed by atoms with Gasteiger partial charge in [0.15, 0.2) is 0 Å². The summed E-state index contributed by atoms with van der Waals surface area (Å²) >= 11 is 0. The van der Waals surface area contributed by atoms with Crippen molar-refractivity contribution in [1.29, 1.82) is 0 Å². The van der Waals surface area contributed by atoms with Crippen LogP contribution in [-0.4, -0.2) is 10.5 Å². The standard InChI is InChI=1S/C21H20N2O2/c1-15-13-16(2)23(14-17-9-5-3-6-10-17)21(25)19(15)20(24)22-18-11-7-4-8-12-18/h3-13H,14H2,1-2H3,(H,22,24). The molecule has 126 valence electrons. The van der Waals surface area contributed by atoms with E-state index < -0.39 is 0 Å². The molecule has 0 saturated heterocycles. The molecule has 0 radical (unpaired) electrons. The second-order valence-corrected chi connectivity index (χ2v) is 6.04. The van der Waals surface area contributed by atoms with Gasteiger partial charge in [0.05, 0.1) is 6.54 Å². The number of aryl methyl sites for hydroxylation is 2. The van der Waals surface area contributed by atoms with Crippen LogP contribution in [0.4, 0.5) is 5.69 Å². The van der Waals surface area contributed by atoms with Gasteiger partial charge in [-0.2, -0.15) is 0 Å². The van der Waals surface area contributed by atoms with E-state index >= 15 is 0 Å².